The molecule has 2 aromatic carbocycles. The standard InChI is InChI=1S/C23H20N2O5S/c1-13-11-20(26)30-19-12-14(7-8-15(13)19)24-21(27)18(9-10-31-2)25-22(28)16-5-3-4-6-17(16)23(25)29/h3-8,11-12,18H,9-10H2,1-2H3,(H,24,27). The van der Waals surface area contributed by atoms with Crippen molar-refractivity contribution in [2.24, 2.45) is 0 Å². The van der Waals surface area contributed by atoms with E-state index in [0.717, 1.165) is 15.8 Å². The summed E-state index contributed by atoms with van der Waals surface area (Å²) in [5.74, 6) is -0.820. The maximum absolute atomic E-state index is 13.2. The van der Waals surface area contributed by atoms with E-state index < -0.39 is 29.4 Å². The van der Waals surface area contributed by atoms with Crippen LogP contribution in [0.15, 0.2) is 57.7 Å². The van der Waals surface area contributed by atoms with Crippen LogP contribution in [0.4, 0.5) is 5.69 Å². The summed E-state index contributed by atoms with van der Waals surface area (Å²) in [4.78, 5) is 51.7. The molecule has 1 atom stereocenters. The number of nitrogens with one attached hydrogen (secondary N) is 1. The van der Waals surface area contributed by atoms with E-state index in [9.17, 15) is 19.2 Å². The minimum absolute atomic E-state index is 0.303. The van der Waals surface area contributed by atoms with Crippen molar-refractivity contribution in [1.82, 2.24) is 4.90 Å². The smallest absolute Gasteiger partial charge is 0.336 e. The predicted molar refractivity (Wildman–Crippen MR) is 120 cm³/mol. The SMILES string of the molecule is CSCCC(C(=O)Nc1ccc2c(C)cc(=O)oc2c1)N1C(=O)c2ccccc2C1=O. The molecule has 1 unspecified atom stereocenters. The Bertz CT molecular complexity index is 1230. The summed E-state index contributed by atoms with van der Waals surface area (Å²) in [6.45, 7) is 1.80. The Hall–Kier alpha value is -3.39. The van der Waals surface area contributed by atoms with Crippen LogP contribution in [0.2, 0.25) is 0 Å². The zero-order chi connectivity index (χ0) is 22.1. The van der Waals surface area contributed by atoms with Crippen LogP contribution in [0.5, 0.6) is 0 Å². The van der Waals surface area contributed by atoms with Gasteiger partial charge in [-0.25, -0.2) is 4.79 Å². The Morgan fingerprint density at radius 3 is 2.39 bits per heavy atom. The van der Waals surface area contributed by atoms with Gasteiger partial charge < -0.3 is 9.73 Å². The van der Waals surface area contributed by atoms with Crippen LogP contribution < -0.4 is 10.9 Å². The predicted octanol–water partition coefficient (Wildman–Crippen LogP) is 3.46. The van der Waals surface area contributed by atoms with Crippen LogP contribution in [0.3, 0.4) is 0 Å². The molecule has 158 valence electrons. The Morgan fingerprint density at radius 2 is 1.74 bits per heavy atom. The van der Waals surface area contributed by atoms with E-state index in [0.29, 0.717) is 34.6 Å². The van der Waals surface area contributed by atoms with Crippen molar-refractivity contribution in [3.05, 3.63) is 75.6 Å². The van der Waals surface area contributed by atoms with Crippen molar-refractivity contribution in [2.75, 3.05) is 17.3 Å². The molecular weight excluding hydrogens is 416 g/mol. The fourth-order valence-electron chi connectivity index (χ4n) is 3.73. The van der Waals surface area contributed by atoms with Gasteiger partial charge in [-0.2, -0.15) is 11.8 Å². The van der Waals surface area contributed by atoms with Crippen molar-refractivity contribution in [1.29, 1.82) is 0 Å². The lowest BCUT2D eigenvalue weighted by molar-refractivity contribution is -0.120. The minimum atomic E-state index is -0.958. The molecule has 0 fully saturated rings. The van der Waals surface area contributed by atoms with Gasteiger partial charge in [-0.1, -0.05) is 12.1 Å². The first-order valence-electron chi connectivity index (χ1n) is 9.72. The highest BCUT2D eigenvalue weighted by Crippen LogP contribution is 2.27. The van der Waals surface area contributed by atoms with E-state index in [1.807, 2.05) is 6.26 Å². The zero-order valence-corrected chi connectivity index (χ0v) is 17.8. The molecule has 8 heteroatoms. The van der Waals surface area contributed by atoms with Crippen LogP contribution in [-0.2, 0) is 4.79 Å². The number of nitrogens with zero attached hydrogens (tertiary/aromatic N) is 1. The number of imide groups is 1. The van der Waals surface area contributed by atoms with E-state index in [2.05, 4.69) is 5.32 Å². The van der Waals surface area contributed by atoms with E-state index >= 15 is 0 Å². The number of fused-ring (bicyclic) bond motifs is 2. The summed E-state index contributed by atoms with van der Waals surface area (Å²) in [6.07, 6.45) is 2.21. The third kappa shape index (κ3) is 3.86. The fraction of sp³-hybridized carbons (Fsp3) is 0.217. The van der Waals surface area contributed by atoms with Gasteiger partial charge in [0.15, 0.2) is 0 Å². The van der Waals surface area contributed by atoms with Gasteiger partial charge >= 0.3 is 5.63 Å². The largest absolute Gasteiger partial charge is 0.423 e. The lowest BCUT2D eigenvalue weighted by Crippen LogP contribution is -2.47. The minimum Gasteiger partial charge on any atom is -0.423 e. The Labute approximate surface area is 182 Å². The topological polar surface area (TPSA) is 96.7 Å². The molecule has 1 aliphatic heterocycles. The molecule has 1 aromatic heterocycles. The van der Waals surface area contributed by atoms with Crippen LogP contribution in [0, 0.1) is 6.92 Å². The lowest BCUT2D eigenvalue weighted by atomic mass is 10.1. The maximum Gasteiger partial charge on any atom is 0.336 e. The molecule has 7 nitrogen and oxygen atoms in total. The molecule has 4 rings (SSSR count). The molecular formula is C23H20N2O5S. The van der Waals surface area contributed by atoms with Crippen molar-refractivity contribution in [3.8, 4) is 0 Å². The number of aryl methyl sites for hydroxylation is 1. The molecule has 31 heavy (non-hydrogen) atoms. The number of thioether (sulfide) groups is 1. The third-order valence-corrected chi connectivity index (χ3v) is 5.90. The summed E-state index contributed by atoms with van der Waals surface area (Å²) < 4.78 is 5.24. The van der Waals surface area contributed by atoms with Crippen LogP contribution in [-0.4, -0.2) is 40.7 Å². The van der Waals surface area contributed by atoms with Gasteiger partial charge in [0.1, 0.15) is 11.6 Å². The fourth-order valence-corrected chi connectivity index (χ4v) is 4.19. The highest BCUT2D eigenvalue weighted by Gasteiger charge is 2.42. The highest BCUT2D eigenvalue weighted by molar-refractivity contribution is 7.98. The molecule has 0 saturated heterocycles. The van der Waals surface area contributed by atoms with Crippen molar-refractivity contribution in [3.63, 3.8) is 0 Å². The number of carbonyl (C=O) groups is 3. The molecule has 1 aliphatic rings. The van der Waals surface area contributed by atoms with Gasteiger partial charge in [0.2, 0.25) is 5.91 Å². The Kier molecular flexibility index (Phi) is 5.65. The van der Waals surface area contributed by atoms with Gasteiger partial charge in [0.05, 0.1) is 11.1 Å². The second kappa shape index (κ2) is 8.39. The second-order valence-electron chi connectivity index (χ2n) is 7.27. The van der Waals surface area contributed by atoms with Gasteiger partial charge in [0, 0.05) is 23.2 Å². The van der Waals surface area contributed by atoms with Gasteiger partial charge in [-0.3, -0.25) is 19.3 Å². The van der Waals surface area contributed by atoms with Gasteiger partial charge in [0.25, 0.3) is 11.8 Å². The normalized spacial score (nSPS) is 14.1. The Balaban J connectivity index is 1.64. The average molecular weight is 436 g/mol. The summed E-state index contributed by atoms with van der Waals surface area (Å²) in [7, 11) is 0. The first-order chi connectivity index (χ1) is 14.9. The first-order valence-corrected chi connectivity index (χ1v) is 11.1. The Morgan fingerprint density at radius 1 is 1.06 bits per heavy atom. The molecule has 3 amide bonds. The molecule has 0 aliphatic carbocycles. The summed E-state index contributed by atoms with van der Waals surface area (Å²) in [5.41, 5.74) is 1.67. The van der Waals surface area contributed by atoms with Crippen molar-refractivity contribution < 1.29 is 18.8 Å². The number of carbonyl (C=O) groups excluding carboxylic acids is 3. The van der Waals surface area contributed by atoms with Crippen molar-refractivity contribution >= 4 is 46.1 Å². The van der Waals surface area contributed by atoms with Gasteiger partial charge in [-0.05, 0) is 55.2 Å². The van der Waals surface area contributed by atoms with E-state index in [-0.39, 0.29) is 0 Å². The number of amides is 3. The lowest BCUT2D eigenvalue weighted by Gasteiger charge is -2.25. The maximum atomic E-state index is 13.2. The van der Waals surface area contributed by atoms with Gasteiger partial charge in [-0.15, -0.1) is 0 Å². The third-order valence-electron chi connectivity index (χ3n) is 5.25. The number of hydrogen-bond donors (Lipinski definition) is 1. The molecule has 0 radical (unpaired) electrons. The highest BCUT2D eigenvalue weighted by atomic mass is 32.2. The van der Waals surface area contributed by atoms with Crippen LogP contribution >= 0.6 is 11.8 Å². The van der Waals surface area contributed by atoms with E-state index in [1.165, 1.54) is 17.8 Å². The first kappa shape index (κ1) is 20.9. The number of hydrogen-bond acceptors (Lipinski definition) is 6. The van der Waals surface area contributed by atoms with Crippen LogP contribution in [0.1, 0.15) is 32.7 Å². The molecule has 3 aromatic rings. The zero-order valence-electron chi connectivity index (χ0n) is 17.0. The van der Waals surface area contributed by atoms with Crippen LogP contribution in [0.25, 0.3) is 11.0 Å². The molecule has 0 saturated carbocycles. The number of benzene rings is 2. The number of rotatable bonds is 6. The van der Waals surface area contributed by atoms with Crippen molar-refractivity contribution in [2.45, 2.75) is 19.4 Å². The molecule has 1 N–H and O–H groups in total. The second-order valence-corrected chi connectivity index (χ2v) is 8.26. The summed E-state index contributed by atoms with van der Waals surface area (Å²) in [5, 5.41) is 3.53. The van der Waals surface area contributed by atoms with E-state index in [4.69, 9.17) is 4.42 Å². The average Bonchev–Trinajstić information content (AvgIpc) is 2.99. The molecule has 0 spiro atoms. The molecule has 0 bridgehead atoms. The monoisotopic (exact) mass is 436 g/mol. The molecule has 2 heterocycles. The van der Waals surface area contributed by atoms with E-state index in [1.54, 1.807) is 49.4 Å². The quantitative estimate of drug-likeness (QED) is 0.470. The summed E-state index contributed by atoms with van der Waals surface area (Å²) >= 11 is 1.52. The number of anilines is 1. The summed E-state index contributed by atoms with van der Waals surface area (Å²) in [6, 6.07) is 12.0.